The summed E-state index contributed by atoms with van der Waals surface area (Å²) >= 11 is 3.54. The SMILES string of the molecule is COc1cccc(C2CC(Nc3ccc(Br)c(C)c3)C2)c1. The fourth-order valence-electron chi connectivity index (χ4n) is 2.87. The molecule has 2 aromatic carbocycles. The van der Waals surface area contributed by atoms with Crippen LogP contribution < -0.4 is 10.1 Å². The highest BCUT2D eigenvalue weighted by Gasteiger charge is 2.30. The van der Waals surface area contributed by atoms with Crippen LogP contribution in [0.25, 0.3) is 0 Å². The van der Waals surface area contributed by atoms with E-state index < -0.39 is 0 Å². The maximum Gasteiger partial charge on any atom is 0.119 e. The molecular formula is C18H20BrNO. The molecule has 2 aromatic rings. The molecule has 0 bridgehead atoms. The zero-order chi connectivity index (χ0) is 14.8. The van der Waals surface area contributed by atoms with Gasteiger partial charge in [-0.25, -0.2) is 0 Å². The first-order valence-electron chi connectivity index (χ1n) is 7.32. The number of halogens is 1. The molecule has 0 spiro atoms. The summed E-state index contributed by atoms with van der Waals surface area (Å²) in [7, 11) is 1.72. The molecule has 1 N–H and O–H groups in total. The van der Waals surface area contributed by atoms with Gasteiger partial charge < -0.3 is 10.1 Å². The minimum absolute atomic E-state index is 0.571. The standard InChI is InChI=1S/C18H20BrNO/c1-12-8-15(6-7-18(12)19)20-16-9-14(10-16)13-4-3-5-17(11-13)21-2/h3-8,11,14,16,20H,9-10H2,1-2H3. The van der Waals surface area contributed by atoms with Crippen LogP contribution in [0.2, 0.25) is 0 Å². The lowest BCUT2D eigenvalue weighted by Gasteiger charge is -2.37. The van der Waals surface area contributed by atoms with Gasteiger partial charge in [0.25, 0.3) is 0 Å². The Bertz CT molecular complexity index is 635. The molecule has 0 aliphatic heterocycles. The van der Waals surface area contributed by atoms with E-state index >= 15 is 0 Å². The van der Waals surface area contributed by atoms with Crippen LogP contribution in [0.15, 0.2) is 46.9 Å². The summed E-state index contributed by atoms with van der Waals surface area (Å²) in [5.74, 6) is 1.60. The molecule has 21 heavy (non-hydrogen) atoms. The minimum atomic E-state index is 0.571. The first kappa shape index (κ1) is 14.5. The molecule has 0 saturated heterocycles. The predicted octanol–water partition coefficient (Wildman–Crippen LogP) is 5.12. The van der Waals surface area contributed by atoms with Gasteiger partial charge in [-0.3, -0.25) is 0 Å². The van der Waals surface area contributed by atoms with Crippen LogP contribution in [0, 0.1) is 6.92 Å². The highest BCUT2D eigenvalue weighted by molar-refractivity contribution is 9.10. The summed E-state index contributed by atoms with van der Waals surface area (Å²) in [4.78, 5) is 0. The van der Waals surface area contributed by atoms with E-state index in [1.54, 1.807) is 7.11 Å². The number of rotatable bonds is 4. The van der Waals surface area contributed by atoms with Crippen LogP contribution in [-0.2, 0) is 0 Å². The molecule has 3 rings (SSSR count). The van der Waals surface area contributed by atoms with E-state index in [4.69, 9.17) is 4.74 Å². The third kappa shape index (κ3) is 3.24. The second-order valence-electron chi connectivity index (χ2n) is 5.75. The third-order valence-corrected chi connectivity index (χ3v) is 5.12. The van der Waals surface area contributed by atoms with Crippen molar-refractivity contribution in [2.75, 3.05) is 12.4 Å². The van der Waals surface area contributed by atoms with E-state index in [0.29, 0.717) is 12.0 Å². The number of aryl methyl sites for hydroxylation is 1. The van der Waals surface area contributed by atoms with E-state index in [2.05, 4.69) is 64.6 Å². The van der Waals surface area contributed by atoms with E-state index in [1.807, 2.05) is 6.07 Å². The summed E-state index contributed by atoms with van der Waals surface area (Å²) in [6.45, 7) is 2.12. The Labute approximate surface area is 134 Å². The second-order valence-corrected chi connectivity index (χ2v) is 6.60. The number of methoxy groups -OCH3 is 1. The fourth-order valence-corrected chi connectivity index (χ4v) is 3.12. The average Bonchev–Trinajstić information content (AvgIpc) is 2.46. The number of hydrogen-bond donors (Lipinski definition) is 1. The molecule has 0 amide bonds. The number of ether oxygens (including phenoxy) is 1. The molecule has 3 heteroatoms. The highest BCUT2D eigenvalue weighted by Crippen LogP contribution is 2.39. The molecule has 2 nitrogen and oxygen atoms in total. The molecule has 110 valence electrons. The van der Waals surface area contributed by atoms with Crippen molar-refractivity contribution >= 4 is 21.6 Å². The first-order chi connectivity index (χ1) is 10.2. The van der Waals surface area contributed by atoms with Crippen molar-refractivity contribution in [1.29, 1.82) is 0 Å². The molecule has 1 aliphatic rings. The van der Waals surface area contributed by atoms with Gasteiger partial charge in [0, 0.05) is 16.2 Å². The second kappa shape index (κ2) is 6.10. The maximum absolute atomic E-state index is 5.30. The van der Waals surface area contributed by atoms with Crippen LogP contribution in [0.5, 0.6) is 5.75 Å². The van der Waals surface area contributed by atoms with Gasteiger partial charge in [0.1, 0.15) is 5.75 Å². The summed E-state index contributed by atoms with van der Waals surface area (Å²) in [5, 5.41) is 3.62. The molecular weight excluding hydrogens is 326 g/mol. The lowest BCUT2D eigenvalue weighted by Crippen LogP contribution is -2.34. The lowest BCUT2D eigenvalue weighted by atomic mass is 9.75. The van der Waals surface area contributed by atoms with Crippen LogP contribution in [0.3, 0.4) is 0 Å². The molecule has 0 atom stereocenters. The van der Waals surface area contributed by atoms with Gasteiger partial charge in [-0.2, -0.15) is 0 Å². The van der Waals surface area contributed by atoms with Crippen molar-refractivity contribution in [2.24, 2.45) is 0 Å². The molecule has 0 unspecified atom stereocenters. The largest absolute Gasteiger partial charge is 0.497 e. The Morgan fingerprint density at radius 1 is 1.14 bits per heavy atom. The lowest BCUT2D eigenvalue weighted by molar-refractivity contribution is 0.370. The van der Waals surface area contributed by atoms with Gasteiger partial charge in [-0.05, 0) is 67.1 Å². The Balaban J connectivity index is 1.59. The smallest absolute Gasteiger partial charge is 0.119 e. The van der Waals surface area contributed by atoms with Crippen molar-refractivity contribution in [3.05, 3.63) is 58.1 Å². The predicted molar refractivity (Wildman–Crippen MR) is 91.3 cm³/mol. The van der Waals surface area contributed by atoms with Crippen LogP contribution >= 0.6 is 15.9 Å². The summed E-state index contributed by atoms with van der Waals surface area (Å²) in [6.07, 6.45) is 2.37. The van der Waals surface area contributed by atoms with E-state index in [-0.39, 0.29) is 0 Å². The van der Waals surface area contributed by atoms with Crippen LogP contribution in [0.1, 0.15) is 29.9 Å². The molecule has 0 heterocycles. The Hall–Kier alpha value is -1.48. The zero-order valence-corrected chi connectivity index (χ0v) is 14.0. The van der Waals surface area contributed by atoms with Crippen molar-refractivity contribution in [3.8, 4) is 5.75 Å². The maximum atomic E-state index is 5.30. The molecule has 0 radical (unpaired) electrons. The monoisotopic (exact) mass is 345 g/mol. The van der Waals surface area contributed by atoms with Gasteiger partial charge in [0.05, 0.1) is 7.11 Å². The third-order valence-electron chi connectivity index (χ3n) is 4.23. The average molecular weight is 346 g/mol. The number of anilines is 1. The summed E-state index contributed by atoms with van der Waals surface area (Å²) in [6, 6.07) is 15.4. The van der Waals surface area contributed by atoms with Crippen molar-refractivity contribution in [1.82, 2.24) is 0 Å². The van der Waals surface area contributed by atoms with Gasteiger partial charge in [-0.15, -0.1) is 0 Å². The topological polar surface area (TPSA) is 21.3 Å². The molecule has 0 aromatic heterocycles. The molecule has 1 aliphatic carbocycles. The number of hydrogen-bond acceptors (Lipinski definition) is 2. The van der Waals surface area contributed by atoms with Crippen molar-refractivity contribution in [2.45, 2.75) is 31.7 Å². The molecule has 1 fully saturated rings. The number of nitrogens with one attached hydrogen (secondary N) is 1. The number of benzene rings is 2. The zero-order valence-electron chi connectivity index (χ0n) is 12.4. The van der Waals surface area contributed by atoms with E-state index in [9.17, 15) is 0 Å². The van der Waals surface area contributed by atoms with E-state index in [1.165, 1.54) is 29.7 Å². The van der Waals surface area contributed by atoms with Gasteiger partial charge in [-0.1, -0.05) is 28.1 Å². The summed E-state index contributed by atoms with van der Waals surface area (Å²) in [5.41, 5.74) is 3.87. The fraction of sp³-hybridized carbons (Fsp3) is 0.333. The van der Waals surface area contributed by atoms with Gasteiger partial charge in [0.2, 0.25) is 0 Å². The van der Waals surface area contributed by atoms with Gasteiger partial charge in [0.15, 0.2) is 0 Å². The highest BCUT2D eigenvalue weighted by atomic mass is 79.9. The molecule has 1 saturated carbocycles. The normalized spacial score (nSPS) is 20.7. The Kier molecular flexibility index (Phi) is 4.20. The van der Waals surface area contributed by atoms with Crippen molar-refractivity contribution in [3.63, 3.8) is 0 Å². The van der Waals surface area contributed by atoms with Crippen molar-refractivity contribution < 1.29 is 4.74 Å². The van der Waals surface area contributed by atoms with Crippen LogP contribution in [-0.4, -0.2) is 13.2 Å². The quantitative estimate of drug-likeness (QED) is 0.829. The van der Waals surface area contributed by atoms with Gasteiger partial charge >= 0.3 is 0 Å². The van der Waals surface area contributed by atoms with E-state index in [0.717, 1.165) is 10.2 Å². The first-order valence-corrected chi connectivity index (χ1v) is 8.11. The Morgan fingerprint density at radius 2 is 1.95 bits per heavy atom. The minimum Gasteiger partial charge on any atom is -0.497 e. The van der Waals surface area contributed by atoms with Crippen LogP contribution in [0.4, 0.5) is 5.69 Å². The summed E-state index contributed by atoms with van der Waals surface area (Å²) < 4.78 is 6.46. The Morgan fingerprint density at radius 3 is 2.67 bits per heavy atom.